The smallest absolute Gasteiger partial charge is 0.164 e. The van der Waals surface area contributed by atoms with Gasteiger partial charge in [-0.1, -0.05) is 0 Å². The van der Waals surface area contributed by atoms with Crippen LogP contribution >= 0.6 is 11.3 Å². The molecule has 2 heterocycles. The number of rotatable bonds is 1. The number of thiazole rings is 1. The van der Waals surface area contributed by atoms with E-state index >= 15 is 0 Å². The number of hydrogen-bond acceptors (Lipinski definition) is 5. The minimum atomic E-state index is -0.338. The standard InChI is InChI=1S/C15H8FNO3S/c16-8-1-4-11-7(5-8)6-12(20-11)15-17-13-9(18)2-3-10(19)14(13)21-15/h1-6,18-19H. The Balaban J connectivity index is 1.95. The molecule has 0 radical (unpaired) electrons. The number of benzene rings is 2. The van der Waals surface area contributed by atoms with E-state index in [2.05, 4.69) is 4.98 Å². The van der Waals surface area contributed by atoms with E-state index in [-0.39, 0.29) is 17.3 Å². The van der Waals surface area contributed by atoms with Crippen LogP contribution in [0.3, 0.4) is 0 Å². The van der Waals surface area contributed by atoms with Gasteiger partial charge in [0.15, 0.2) is 10.8 Å². The maximum Gasteiger partial charge on any atom is 0.164 e. The number of nitrogens with zero attached hydrogens (tertiary/aromatic N) is 1. The lowest BCUT2D eigenvalue weighted by Gasteiger charge is -1.94. The Kier molecular flexibility index (Phi) is 2.43. The lowest BCUT2D eigenvalue weighted by molar-refractivity contribution is 0.469. The van der Waals surface area contributed by atoms with E-state index in [0.29, 0.717) is 32.0 Å². The monoisotopic (exact) mass is 301 g/mol. The van der Waals surface area contributed by atoms with Crippen LogP contribution in [-0.2, 0) is 0 Å². The van der Waals surface area contributed by atoms with Gasteiger partial charge in [0.2, 0.25) is 0 Å². The van der Waals surface area contributed by atoms with Crippen molar-refractivity contribution < 1.29 is 19.0 Å². The van der Waals surface area contributed by atoms with Crippen LogP contribution in [0.2, 0.25) is 0 Å². The van der Waals surface area contributed by atoms with Gasteiger partial charge in [0.1, 0.15) is 33.1 Å². The van der Waals surface area contributed by atoms with Crippen LogP contribution in [-0.4, -0.2) is 15.2 Å². The topological polar surface area (TPSA) is 66.5 Å². The number of aromatic hydroxyl groups is 2. The minimum absolute atomic E-state index is 0.00699. The van der Waals surface area contributed by atoms with Gasteiger partial charge < -0.3 is 14.6 Å². The summed E-state index contributed by atoms with van der Waals surface area (Å²) in [5, 5.41) is 20.7. The molecule has 0 aliphatic heterocycles. The van der Waals surface area contributed by atoms with Crippen LogP contribution in [0.5, 0.6) is 11.5 Å². The molecule has 0 fully saturated rings. The Morgan fingerprint density at radius 3 is 2.67 bits per heavy atom. The number of aromatic nitrogens is 1. The summed E-state index contributed by atoms with van der Waals surface area (Å²) in [5.41, 5.74) is 0.876. The quantitative estimate of drug-likeness (QED) is 0.515. The van der Waals surface area contributed by atoms with E-state index in [1.807, 2.05) is 0 Å². The van der Waals surface area contributed by atoms with Crippen molar-refractivity contribution >= 4 is 32.5 Å². The van der Waals surface area contributed by atoms with Gasteiger partial charge in [-0.15, -0.1) is 11.3 Å². The molecule has 6 heteroatoms. The van der Waals surface area contributed by atoms with Gasteiger partial charge in [0, 0.05) is 5.39 Å². The first-order chi connectivity index (χ1) is 10.1. The maximum atomic E-state index is 13.2. The van der Waals surface area contributed by atoms with Crippen molar-refractivity contribution in [3.05, 3.63) is 42.2 Å². The summed E-state index contributed by atoms with van der Waals surface area (Å²) in [6.07, 6.45) is 0. The minimum Gasteiger partial charge on any atom is -0.506 e. The second-order valence-corrected chi connectivity index (χ2v) is 5.59. The molecule has 2 aromatic heterocycles. The summed E-state index contributed by atoms with van der Waals surface area (Å²) < 4.78 is 19.3. The Hall–Kier alpha value is -2.60. The highest BCUT2D eigenvalue weighted by atomic mass is 32.1. The number of phenols is 2. The number of halogens is 1. The average molecular weight is 301 g/mol. The molecule has 4 aromatic rings. The number of phenolic OH excluding ortho intramolecular Hbond substituents is 2. The van der Waals surface area contributed by atoms with Crippen LogP contribution in [0.15, 0.2) is 40.8 Å². The number of hydrogen-bond donors (Lipinski definition) is 2. The number of fused-ring (bicyclic) bond motifs is 2. The Morgan fingerprint density at radius 2 is 1.86 bits per heavy atom. The zero-order chi connectivity index (χ0) is 14.6. The van der Waals surface area contributed by atoms with Crippen molar-refractivity contribution in [1.82, 2.24) is 4.98 Å². The predicted octanol–water partition coefficient (Wildman–Crippen LogP) is 4.26. The summed E-state index contributed by atoms with van der Waals surface area (Å²) in [7, 11) is 0. The van der Waals surface area contributed by atoms with E-state index in [1.54, 1.807) is 12.1 Å². The third-order valence-corrected chi connectivity index (χ3v) is 4.28. The van der Waals surface area contributed by atoms with Gasteiger partial charge in [-0.2, -0.15) is 0 Å². The van der Waals surface area contributed by atoms with E-state index in [4.69, 9.17) is 4.42 Å². The summed E-state index contributed by atoms with van der Waals surface area (Å²) >= 11 is 1.20. The highest BCUT2D eigenvalue weighted by molar-refractivity contribution is 7.22. The first-order valence-electron chi connectivity index (χ1n) is 6.13. The molecule has 0 spiro atoms. The van der Waals surface area contributed by atoms with E-state index < -0.39 is 0 Å². The second-order valence-electron chi connectivity index (χ2n) is 4.59. The fourth-order valence-corrected chi connectivity index (χ4v) is 3.16. The first kappa shape index (κ1) is 12.2. The van der Waals surface area contributed by atoms with Gasteiger partial charge in [-0.3, -0.25) is 0 Å². The fraction of sp³-hybridized carbons (Fsp3) is 0. The first-order valence-corrected chi connectivity index (χ1v) is 6.94. The van der Waals surface area contributed by atoms with Crippen molar-refractivity contribution in [2.24, 2.45) is 0 Å². The molecule has 0 amide bonds. The van der Waals surface area contributed by atoms with Crippen LogP contribution in [0, 0.1) is 5.82 Å². The highest BCUT2D eigenvalue weighted by Gasteiger charge is 2.16. The van der Waals surface area contributed by atoms with Crippen molar-refractivity contribution in [1.29, 1.82) is 0 Å². The molecule has 0 saturated heterocycles. The van der Waals surface area contributed by atoms with E-state index in [1.165, 1.54) is 35.6 Å². The van der Waals surface area contributed by atoms with Crippen molar-refractivity contribution in [3.8, 4) is 22.3 Å². The van der Waals surface area contributed by atoms with Crippen LogP contribution in [0.4, 0.5) is 4.39 Å². The Labute approximate surface area is 121 Å². The van der Waals surface area contributed by atoms with Crippen LogP contribution in [0.25, 0.3) is 32.0 Å². The fourth-order valence-electron chi connectivity index (χ4n) is 2.20. The molecular formula is C15H8FNO3S. The molecule has 4 nitrogen and oxygen atoms in total. The maximum absolute atomic E-state index is 13.2. The van der Waals surface area contributed by atoms with E-state index in [0.717, 1.165) is 0 Å². The van der Waals surface area contributed by atoms with Gasteiger partial charge in [-0.25, -0.2) is 9.37 Å². The zero-order valence-corrected chi connectivity index (χ0v) is 11.3. The normalized spacial score (nSPS) is 11.5. The third-order valence-electron chi connectivity index (χ3n) is 3.19. The molecule has 0 atom stereocenters. The molecule has 0 saturated carbocycles. The SMILES string of the molecule is Oc1ccc(O)c2sc(-c3cc4cc(F)ccc4o3)nc12. The molecule has 0 bridgehead atoms. The summed E-state index contributed by atoms with van der Waals surface area (Å²) in [6, 6.07) is 8.74. The second kappa shape index (κ2) is 4.20. The van der Waals surface area contributed by atoms with Gasteiger partial charge in [0.25, 0.3) is 0 Å². The Bertz CT molecular complexity index is 950. The molecule has 2 N–H and O–H groups in total. The van der Waals surface area contributed by atoms with Gasteiger partial charge >= 0.3 is 0 Å². The van der Waals surface area contributed by atoms with Crippen molar-refractivity contribution in [2.75, 3.05) is 0 Å². The lowest BCUT2D eigenvalue weighted by atomic mass is 10.2. The van der Waals surface area contributed by atoms with Gasteiger partial charge in [0.05, 0.1) is 0 Å². The molecule has 2 aromatic carbocycles. The lowest BCUT2D eigenvalue weighted by Crippen LogP contribution is -1.72. The van der Waals surface area contributed by atoms with Crippen molar-refractivity contribution in [2.45, 2.75) is 0 Å². The molecule has 21 heavy (non-hydrogen) atoms. The average Bonchev–Trinajstić information content (AvgIpc) is 3.06. The summed E-state index contributed by atoms with van der Waals surface area (Å²) in [6.45, 7) is 0. The zero-order valence-electron chi connectivity index (χ0n) is 10.5. The summed E-state index contributed by atoms with van der Waals surface area (Å²) in [5.74, 6) is 0.172. The van der Waals surface area contributed by atoms with Crippen molar-refractivity contribution in [3.63, 3.8) is 0 Å². The predicted molar refractivity (Wildman–Crippen MR) is 78.1 cm³/mol. The molecule has 0 unspecified atom stereocenters. The van der Waals surface area contributed by atoms with Crippen LogP contribution in [0.1, 0.15) is 0 Å². The summed E-state index contributed by atoms with van der Waals surface area (Å²) in [4.78, 5) is 4.28. The molecular weight excluding hydrogens is 293 g/mol. The Morgan fingerprint density at radius 1 is 1.05 bits per heavy atom. The molecule has 0 aliphatic carbocycles. The largest absolute Gasteiger partial charge is 0.506 e. The van der Waals surface area contributed by atoms with Gasteiger partial charge in [-0.05, 0) is 36.4 Å². The third kappa shape index (κ3) is 1.84. The van der Waals surface area contributed by atoms with Crippen LogP contribution < -0.4 is 0 Å². The number of furan rings is 1. The molecule has 0 aliphatic rings. The highest BCUT2D eigenvalue weighted by Crippen LogP contribution is 2.40. The molecule has 4 rings (SSSR count). The molecule has 104 valence electrons. The van der Waals surface area contributed by atoms with E-state index in [9.17, 15) is 14.6 Å².